The van der Waals surface area contributed by atoms with Gasteiger partial charge in [0, 0.05) is 49.9 Å². The molecule has 0 aliphatic carbocycles. The number of aromatic nitrogens is 2. The molecule has 2 atom stereocenters. The molecule has 28 heavy (non-hydrogen) atoms. The van der Waals surface area contributed by atoms with E-state index in [-0.39, 0.29) is 4.57 Å². The summed E-state index contributed by atoms with van der Waals surface area (Å²) in [4.78, 5) is 28.2. The average molecular weight is 445 g/mol. The number of rotatable bonds is 10. The quantitative estimate of drug-likeness (QED) is 0.518. The van der Waals surface area contributed by atoms with Gasteiger partial charge in [-0.05, 0) is 36.0 Å². The summed E-state index contributed by atoms with van der Waals surface area (Å²) in [7, 11) is 0. The Balaban J connectivity index is 2.87. The first kappa shape index (κ1) is 8.34. The Kier molecular flexibility index (Phi) is 2.95. The van der Waals surface area contributed by atoms with Crippen LogP contribution in [-0.2, 0) is 22.5 Å². The van der Waals surface area contributed by atoms with Gasteiger partial charge in [-0.25, -0.2) is 4.98 Å². The molecule has 1 aromatic heterocycles. The molecule has 1 heterocycles. The summed E-state index contributed by atoms with van der Waals surface area (Å²) in [6, 6.07) is -10.1. The van der Waals surface area contributed by atoms with Crippen molar-refractivity contribution in [1.82, 2.24) is 14.9 Å². The molecule has 0 fully saturated rings. The molecule has 2 aromatic rings. The summed E-state index contributed by atoms with van der Waals surface area (Å²) in [5.74, 6) is -9.56. The van der Waals surface area contributed by atoms with E-state index in [2.05, 4.69) is 4.98 Å². The van der Waals surface area contributed by atoms with Crippen LogP contribution < -0.4 is 5.32 Å². The summed E-state index contributed by atoms with van der Waals surface area (Å²) in [5, 5.41) is 19.7. The summed E-state index contributed by atoms with van der Waals surface area (Å²) < 4.78 is 137. The first-order chi connectivity index (χ1) is 19.9. The fraction of sp³-hybridized carbons (Fsp3) is 0.421. The van der Waals surface area contributed by atoms with Crippen molar-refractivity contribution >= 4 is 35.1 Å². The van der Waals surface area contributed by atoms with Crippen LogP contribution in [0.4, 0.5) is 0 Å². The fourth-order valence-electron chi connectivity index (χ4n) is 1.80. The zero-order valence-electron chi connectivity index (χ0n) is 30.6. The van der Waals surface area contributed by atoms with Gasteiger partial charge < -0.3 is 14.8 Å². The SMILES string of the molecule is [2H]c1c(Cl)c([2H])c(C([2H])([2H])n2cncc2C([2H])([2H])[C@H](NC([2H])(C(=O)O)C([2H])([2H])C([2H])(C([2H])([2H])[2H])C([2H])([2H])[2H])C(=O)O)c([2H])c1Cl. The third-order valence-corrected chi connectivity index (χ3v) is 3.23. The number of nitrogens with zero attached hydrogens (tertiary/aromatic N) is 2. The molecule has 0 aliphatic rings. The molecule has 1 unspecified atom stereocenters. The molecule has 1 aromatic carbocycles. The molecule has 0 radical (unpaired) electrons. The number of hydrogen-bond donors (Lipinski definition) is 3. The standard InChI is InChI=1S/C19H23Cl2N3O4/c1-11(2)3-16(18(25)26)23-17(19(27)28)7-15-8-22-10-24(15)9-12-4-13(20)6-14(21)5-12/h4-6,8,10-11,16-17,23H,3,7,9H2,1-2H3,(H,25,26)(H,27,28)/t16?,17-/m0/s1/i1D3,2D3,3D2,4D,5D,6D,7D2,9D2,11D,16D. The second kappa shape index (κ2) is 9.91. The Morgan fingerprint density at radius 2 is 2.00 bits per heavy atom. The van der Waals surface area contributed by atoms with Gasteiger partial charge in [-0.3, -0.25) is 14.9 Å². The van der Waals surface area contributed by atoms with Crippen LogP contribution in [0.15, 0.2) is 30.7 Å². The molecule has 0 saturated heterocycles. The maximum absolute atomic E-state index is 12.4. The number of halogens is 2. The molecule has 3 N–H and O–H groups in total. The average Bonchev–Trinajstić information content (AvgIpc) is 3.39. The van der Waals surface area contributed by atoms with Crippen molar-refractivity contribution in [3.8, 4) is 0 Å². The van der Waals surface area contributed by atoms with E-state index >= 15 is 0 Å². The maximum atomic E-state index is 12.4. The molecule has 152 valence electrons. The lowest BCUT2D eigenvalue weighted by Gasteiger charge is -2.22. The van der Waals surface area contributed by atoms with E-state index in [1.165, 1.54) is 5.32 Å². The highest BCUT2D eigenvalue weighted by molar-refractivity contribution is 6.34. The number of benzene rings is 1. The van der Waals surface area contributed by atoms with E-state index in [0.29, 0.717) is 12.5 Å². The molecular weight excluding hydrogens is 405 g/mol. The van der Waals surface area contributed by atoms with Gasteiger partial charge in [0.1, 0.15) is 12.1 Å². The second-order valence-corrected chi connectivity index (χ2v) is 5.63. The van der Waals surface area contributed by atoms with Crippen molar-refractivity contribution < 1.29 is 43.1 Å². The number of imidazole rings is 1. The van der Waals surface area contributed by atoms with E-state index in [0.717, 1.165) is 0 Å². The van der Waals surface area contributed by atoms with Crippen molar-refractivity contribution in [2.75, 3.05) is 0 Å². The van der Waals surface area contributed by atoms with Gasteiger partial charge in [0.15, 0.2) is 0 Å². The summed E-state index contributed by atoms with van der Waals surface area (Å²) in [6.07, 6.45) is -7.13. The van der Waals surface area contributed by atoms with E-state index < -0.39 is 102 Å². The Hall–Kier alpha value is -2.09. The van der Waals surface area contributed by atoms with Crippen LogP contribution >= 0.6 is 23.2 Å². The minimum Gasteiger partial charge on any atom is -0.480 e. The van der Waals surface area contributed by atoms with E-state index in [4.69, 9.17) is 46.5 Å². The lowest BCUT2D eigenvalue weighted by Crippen LogP contribution is -2.49. The lowest BCUT2D eigenvalue weighted by atomic mass is 10.0. The highest BCUT2D eigenvalue weighted by atomic mass is 35.5. The number of carbonyl (C=O) groups is 2. The Morgan fingerprint density at radius 1 is 1.32 bits per heavy atom. The molecule has 2 rings (SSSR count). The van der Waals surface area contributed by atoms with Crippen LogP contribution in [0.3, 0.4) is 0 Å². The lowest BCUT2D eigenvalue weighted by molar-refractivity contribution is -0.142. The largest absolute Gasteiger partial charge is 0.480 e. The minimum absolute atomic E-state index is 0.243. The predicted octanol–water partition coefficient (Wildman–Crippen LogP) is 3.32. The highest BCUT2D eigenvalue weighted by Crippen LogP contribution is 2.20. The molecule has 0 amide bonds. The van der Waals surface area contributed by atoms with Crippen LogP contribution in [0.1, 0.15) is 54.6 Å². The zero-order chi connectivity index (χ0) is 35.7. The topological polar surface area (TPSA) is 104 Å². The summed E-state index contributed by atoms with van der Waals surface area (Å²) in [5.41, 5.74) is -2.06. The normalized spacial score (nSPS) is 26.3. The fourth-order valence-corrected chi connectivity index (χ4v) is 2.23. The molecular formula is C19H23Cl2N3O4. The van der Waals surface area contributed by atoms with Gasteiger partial charge in [0.05, 0.1) is 14.6 Å². The van der Waals surface area contributed by atoms with Gasteiger partial charge in [-0.1, -0.05) is 36.9 Å². The van der Waals surface area contributed by atoms with Gasteiger partial charge in [-0.2, -0.15) is 0 Å². The molecule has 7 nitrogen and oxygen atoms in total. The number of carboxylic acids is 2. The van der Waals surface area contributed by atoms with Crippen molar-refractivity contribution in [3.05, 3.63) is 52.0 Å². The van der Waals surface area contributed by atoms with Crippen molar-refractivity contribution in [3.63, 3.8) is 0 Å². The Bertz CT molecular complexity index is 1470. The van der Waals surface area contributed by atoms with Crippen LogP contribution in [-0.4, -0.2) is 43.8 Å². The molecule has 0 bridgehead atoms. The first-order valence-electron chi connectivity index (χ1n) is 15.6. The van der Waals surface area contributed by atoms with Crippen LogP contribution in [0.2, 0.25) is 10.0 Å². The maximum Gasteiger partial charge on any atom is 0.321 e. The number of carboxylic acid groups (broad SMARTS) is 2. The van der Waals surface area contributed by atoms with Gasteiger partial charge >= 0.3 is 11.9 Å². The van der Waals surface area contributed by atoms with Crippen molar-refractivity contribution in [2.24, 2.45) is 5.89 Å². The molecule has 9 heteroatoms. The van der Waals surface area contributed by atoms with Crippen molar-refractivity contribution in [2.45, 2.75) is 45.0 Å². The molecule has 0 spiro atoms. The van der Waals surface area contributed by atoms with Gasteiger partial charge in [0.25, 0.3) is 0 Å². The van der Waals surface area contributed by atoms with Crippen LogP contribution in [0.5, 0.6) is 0 Å². The van der Waals surface area contributed by atoms with Crippen LogP contribution in [0, 0.1) is 5.89 Å². The number of hydrogen-bond acceptors (Lipinski definition) is 4. The highest BCUT2D eigenvalue weighted by Gasteiger charge is 2.27. The third kappa shape index (κ3) is 6.51. The monoisotopic (exact) mass is 444 g/mol. The van der Waals surface area contributed by atoms with Gasteiger partial charge in [-0.15, -0.1) is 0 Å². The predicted molar refractivity (Wildman–Crippen MR) is 107 cm³/mol. The smallest absolute Gasteiger partial charge is 0.321 e. The molecule has 0 saturated carbocycles. The summed E-state index contributed by atoms with van der Waals surface area (Å²) >= 11 is 11.8. The minimum atomic E-state index is -4.55. The van der Waals surface area contributed by atoms with Gasteiger partial charge in [0.2, 0.25) is 0 Å². The first-order valence-corrected chi connectivity index (χ1v) is 7.87. The molecule has 0 aliphatic heterocycles. The Labute approximate surface area is 197 Å². The van der Waals surface area contributed by atoms with E-state index in [1.54, 1.807) is 0 Å². The van der Waals surface area contributed by atoms with Crippen LogP contribution in [0.25, 0.3) is 0 Å². The zero-order valence-corrected chi connectivity index (χ0v) is 15.1. The van der Waals surface area contributed by atoms with E-state index in [9.17, 15) is 19.8 Å². The third-order valence-electron chi connectivity index (χ3n) is 2.85. The number of nitrogens with one attached hydrogen (secondary N) is 1. The number of aliphatic carboxylic acids is 2. The summed E-state index contributed by atoms with van der Waals surface area (Å²) in [6.45, 7) is -11.6. The van der Waals surface area contributed by atoms with Crippen molar-refractivity contribution in [1.29, 1.82) is 0 Å². The Morgan fingerprint density at radius 3 is 2.57 bits per heavy atom. The van der Waals surface area contributed by atoms with E-state index in [1.807, 2.05) is 0 Å². The second-order valence-electron chi connectivity index (χ2n) is 4.88.